The number of ketones is 1. The molecule has 4 heteroatoms. The van der Waals surface area contributed by atoms with Crippen molar-refractivity contribution in [1.29, 1.82) is 0 Å². The number of nitrogens with one attached hydrogen (secondary N) is 1. The highest BCUT2D eigenvalue weighted by molar-refractivity contribution is 5.94. The number of nitrogens with zero attached hydrogens (tertiary/aromatic N) is 1. The van der Waals surface area contributed by atoms with Crippen molar-refractivity contribution in [3.63, 3.8) is 0 Å². The number of allylic oxidation sites excluding steroid dienone is 1. The summed E-state index contributed by atoms with van der Waals surface area (Å²) in [5, 5.41) is 3.07. The Balaban J connectivity index is 1.82. The van der Waals surface area contributed by atoms with Gasteiger partial charge in [-0.15, -0.1) is 0 Å². The summed E-state index contributed by atoms with van der Waals surface area (Å²) in [5.74, 6) is 0.0363. The Labute approximate surface area is 173 Å². The monoisotopic (exact) mass is 390 g/mol. The Hall–Kier alpha value is -2.72. The van der Waals surface area contributed by atoms with E-state index in [1.54, 1.807) is 6.08 Å². The maximum atomic E-state index is 13.3. The van der Waals surface area contributed by atoms with Gasteiger partial charge in [-0.3, -0.25) is 14.5 Å². The van der Waals surface area contributed by atoms with E-state index in [0.29, 0.717) is 19.5 Å². The second-order valence-electron chi connectivity index (χ2n) is 8.71. The smallest absolute Gasteiger partial charge is 0.241 e. The summed E-state index contributed by atoms with van der Waals surface area (Å²) in [7, 11) is 1.95. The predicted molar refractivity (Wildman–Crippen MR) is 116 cm³/mol. The van der Waals surface area contributed by atoms with Gasteiger partial charge in [-0.05, 0) is 41.7 Å². The minimum absolute atomic E-state index is 0.0657. The zero-order chi connectivity index (χ0) is 20.9. The predicted octanol–water partition coefficient (Wildman–Crippen LogP) is 4.12. The van der Waals surface area contributed by atoms with Crippen LogP contribution in [0.15, 0.2) is 72.3 Å². The van der Waals surface area contributed by atoms with Crippen LogP contribution in [0.1, 0.15) is 37.8 Å². The summed E-state index contributed by atoms with van der Waals surface area (Å²) in [6.45, 7) is 5.29. The minimum atomic E-state index is -0.470. The van der Waals surface area contributed by atoms with E-state index >= 15 is 0 Å². The lowest BCUT2D eigenvalue weighted by Crippen LogP contribution is -2.47. The van der Waals surface area contributed by atoms with Crippen LogP contribution < -0.4 is 5.32 Å². The second-order valence-corrected chi connectivity index (χ2v) is 8.71. The molecule has 0 fully saturated rings. The molecule has 1 aliphatic carbocycles. The van der Waals surface area contributed by atoms with E-state index in [0.717, 1.165) is 23.1 Å². The number of hydrogen-bond acceptors (Lipinski definition) is 3. The lowest BCUT2D eigenvalue weighted by atomic mass is 9.74. The Bertz CT molecular complexity index is 872. The van der Waals surface area contributed by atoms with Gasteiger partial charge in [0, 0.05) is 19.5 Å². The maximum Gasteiger partial charge on any atom is 0.241 e. The summed E-state index contributed by atoms with van der Waals surface area (Å²) in [6.07, 6.45) is 2.96. The SMILES string of the molecule is CN(Cc1ccccc1)C(C(=O)NCc1ccccc1)C1=CC(=O)CC(C)(C)C1. The third-order valence-corrected chi connectivity index (χ3v) is 5.31. The summed E-state index contributed by atoms with van der Waals surface area (Å²) >= 11 is 0. The number of hydrogen-bond donors (Lipinski definition) is 1. The van der Waals surface area contributed by atoms with Gasteiger partial charge < -0.3 is 5.32 Å². The van der Waals surface area contributed by atoms with Gasteiger partial charge >= 0.3 is 0 Å². The molecule has 0 heterocycles. The topological polar surface area (TPSA) is 49.4 Å². The van der Waals surface area contributed by atoms with Gasteiger partial charge in [0.25, 0.3) is 0 Å². The van der Waals surface area contributed by atoms with Gasteiger partial charge in [0.2, 0.25) is 5.91 Å². The van der Waals surface area contributed by atoms with Crippen molar-refractivity contribution in [3.05, 3.63) is 83.4 Å². The van der Waals surface area contributed by atoms with E-state index in [9.17, 15) is 9.59 Å². The number of carbonyl (C=O) groups is 2. The fourth-order valence-corrected chi connectivity index (χ4v) is 4.07. The van der Waals surface area contributed by atoms with Gasteiger partial charge in [0.05, 0.1) is 0 Å². The van der Waals surface area contributed by atoms with Crippen LogP contribution in [0.25, 0.3) is 0 Å². The molecule has 0 saturated heterocycles. The van der Waals surface area contributed by atoms with Crippen molar-refractivity contribution in [2.45, 2.75) is 45.8 Å². The summed E-state index contributed by atoms with van der Waals surface area (Å²) in [4.78, 5) is 27.6. The highest BCUT2D eigenvalue weighted by Gasteiger charge is 2.35. The zero-order valence-corrected chi connectivity index (χ0v) is 17.5. The average molecular weight is 391 g/mol. The van der Waals surface area contributed by atoms with Crippen molar-refractivity contribution >= 4 is 11.7 Å². The van der Waals surface area contributed by atoms with Crippen LogP contribution in [0.2, 0.25) is 0 Å². The number of benzene rings is 2. The Morgan fingerprint density at radius 3 is 2.17 bits per heavy atom. The first-order valence-electron chi connectivity index (χ1n) is 10.1. The number of carbonyl (C=O) groups excluding carboxylic acids is 2. The van der Waals surface area contributed by atoms with Crippen LogP contribution in [-0.4, -0.2) is 29.7 Å². The van der Waals surface area contributed by atoms with E-state index in [2.05, 4.69) is 31.3 Å². The van der Waals surface area contributed by atoms with E-state index in [-0.39, 0.29) is 17.1 Å². The Morgan fingerprint density at radius 2 is 1.59 bits per heavy atom. The quantitative estimate of drug-likeness (QED) is 0.774. The van der Waals surface area contributed by atoms with Gasteiger partial charge in [-0.1, -0.05) is 74.5 Å². The molecular formula is C25H30N2O2. The lowest BCUT2D eigenvalue weighted by Gasteiger charge is -2.36. The molecule has 0 spiro atoms. The Kier molecular flexibility index (Phi) is 6.65. The fraction of sp³-hybridized carbons (Fsp3) is 0.360. The molecule has 0 aliphatic heterocycles. The first-order valence-corrected chi connectivity index (χ1v) is 10.1. The van der Waals surface area contributed by atoms with Gasteiger partial charge in [-0.2, -0.15) is 0 Å². The lowest BCUT2D eigenvalue weighted by molar-refractivity contribution is -0.125. The molecule has 1 N–H and O–H groups in total. The molecule has 0 saturated carbocycles. The number of likely N-dealkylation sites (N-methyl/N-ethyl adjacent to an activating group) is 1. The highest BCUT2D eigenvalue weighted by atomic mass is 16.2. The van der Waals surface area contributed by atoms with Crippen molar-refractivity contribution in [2.75, 3.05) is 7.05 Å². The molecule has 1 amide bonds. The minimum Gasteiger partial charge on any atom is -0.350 e. The highest BCUT2D eigenvalue weighted by Crippen LogP contribution is 2.36. The standard InChI is InChI=1S/C25H30N2O2/c1-25(2)15-21(14-22(28)16-25)23(27(3)18-20-12-8-5-9-13-20)24(29)26-17-19-10-6-4-7-11-19/h4-14,23H,15-18H2,1-3H3,(H,26,29). The third-order valence-electron chi connectivity index (χ3n) is 5.31. The van der Waals surface area contributed by atoms with E-state index in [4.69, 9.17) is 0 Å². The van der Waals surface area contributed by atoms with E-state index in [1.807, 2.05) is 60.5 Å². The molecule has 29 heavy (non-hydrogen) atoms. The summed E-state index contributed by atoms with van der Waals surface area (Å²) in [6, 6.07) is 19.5. The van der Waals surface area contributed by atoms with Crippen LogP contribution in [0.4, 0.5) is 0 Å². The third kappa shape index (κ3) is 5.88. The number of rotatable bonds is 7. The van der Waals surface area contributed by atoms with Gasteiger partial charge in [0.1, 0.15) is 6.04 Å². The van der Waals surface area contributed by atoms with Crippen LogP contribution in [0.3, 0.4) is 0 Å². The van der Waals surface area contributed by atoms with Crippen molar-refractivity contribution < 1.29 is 9.59 Å². The molecule has 0 aromatic heterocycles. The molecule has 2 aromatic rings. The molecule has 0 bridgehead atoms. The molecule has 2 aromatic carbocycles. The molecule has 0 radical (unpaired) electrons. The van der Waals surface area contributed by atoms with Gasteiger partial charge in [0.15, 0.2) is 5.78 Å². The largest absolute Gasteiger partial charge is 0.350 e. The molecule has 1 aliphatic rings. The molecule has 3 rings (SSSR count). The van der Waals surface area contributed by atoms with Crippen LogP contribution in [0, 0.1) is 5.41 Å². The fourth-order valence-electron chi connectivity index (χ4n) is 4.07. The van der Waals surface area contributed by atoms with Crippen LogP contribution >= 0.6 is 0 Å². The van der Waals surface area contributed by atoms with Crippen LogP contribution in [0.5, 0.6) is 0 Å². The maximum absolute atomic E-state index is 13.3. The first-order chi connectivity index (χ1) is 13.8. The molecule has 4 nitrogen and oxygen atoms in total. The molecule has 152 valence electrons. The van der Waals surface area contributed by atoms with Crippen molar-refractivity contribution in [2.24, 2.45) is 5.41 Å². The second kappa shape index (κ2) is 9.19. The van der Waals surface area contributed by atoms with E-state index in [1.165, 1.54) is 0 Å². The first kappa shape index (κ1) is 21.0. The zero-order valence-electron chi connectivity index (χ0n) is 17.5. The average Bonchev–Trinajstić information content (AvgIpc) is 2.66. The van der Waals surface area contributed by atoms with Crippen LogP contribution in [-0.2, 0) is 22.7 Å². The summed E-state index contributed by atoms with van der Waals surface area (Å²) < 4.78 is 0. The van der Waals surface area contributed by atoms with Crippen molar-refractivity contribution in [1.82, 2.24) is 10.2 Å². The Morgan fingerprint density at radius 1 is 1.00 bits per heavy atom. The summed E-state index contributed by atoms with van der Waals surface area (Å²) in [5.41, 5.74) is 2.96. The molecular weight excluding hydrogens is 360 g/mol. The van der Waals surface area contributed by atoms with Gasteiger partial charge in [-0.25, -0.2) is 0 Å². The van der Waals surface area contributed by atoms with E-state index < -0.39 is 6.04 Å². The normalized spacial score (nSPS) is 17.0. The molecule has 1 atom stereocenters. The van der Waals surface area contributed by atoms with Crippen molar-refractivity contribution in [3.8, 4) is 0 Å². The number of amides is 1. The molecule has 1 unspecified atom stereocenters.